The fourth-order valence-corrected chi connectivity index (χ4v) is 1.69. The van der Waals surface area contributed by atoms with Crippen LogP contribution in [0, 0.1) is 0 Å². The Hall–Kier alpha value is -2.08. The third kappa shape index (κ3) is 7.94. The summed E-state index contributed by atoms with van der Waals surface area (Å²) in [6, 6.07) is 6.62. The zero-order chi connectivity index (χ0) is 15.7. The second-order valence-corrected chi connectivity index (χ2v) is 4.87. The molecule has 7 heteroatoms. The van der Waals surface area contributed by atoms with Crippen molar-refractivity contribution < 1.29 is 19.5 Å². The molecule has 0 aromatic heterocycles. The van der Waals surface area contributed by atoms with E-state index < -0.39 is 5.97 Å². The van der Waals surface area contributed by atoms with E-state index in [1.54, 1.807) is 24.3 Å². The Bertz CT molecular complexity index is 502. The molecule has 0 fully saturated rings. The van der Waals surface area contributed by atoms with E-state index in [1.165, 1.54) is 0 Å². The molecule has 0 unspecified atom stereocenters. The summed E-state index contributed by atoms with van der Waals surface area (Å²) in [4.78, 5) is 33.3. The molecule has 0 aliphatic carbocycles. The molecule has 0 bridgehead atoms. The van der Waals surface area contributed by atoms with Crippen LogP contribution < -0.4 is 10.6 Å². The second kappa shape index (κ2) is 8.97. The Morgan fingerprint density at radius 3 is 2.24 bits per heavy atom. The van der Waals surface area contributed by atoms with Crippen molar-refractivity contribution >= 4 is 35.1 Å². The van der Waals surface area contributed by atoms with E-state index in [0.29, 0.717) is 23.6 Å². The number of unbranched alkanes of at least 4 members (excludes halogenated alkanes) is 1. The van der Waals surface area contributed by atoms with Crippen molar-refractivity contribution in [1.82, 2.24) is 5.32 Å². The van der Waals surface area contributed by atoms with Gasteiger partial charge in [0.2, 0.25) is 11.8 Å². The first-order valence-electron chi connectivity index (χ1n) is 6.51. The summed E-state index contributed by atoms with van der Waals surface area (Å²) < 4.78 is 0. The standard InChI is InChI=1S/C14H17ClN2O4/c15-10-5-7-11(8-6-10)17-13(19)9-16-12(18)3-1-2-4-14(20)21/h5-8H,1-4,9H2,(H,16,18)(H,17,19)(H,20,21). The molecule has 0 heterocycles. The number of carboxylic acid groups (broad SMARTS) is 1. The highest BCUT2D eigenvalue weighted by Crippen LogP contribution is 2.12. The molecule has 1 aromatic rings. The van der Waals surface area contributed by atoms with Crippen LogP contribution in [0.15, 0.2) is 24.3 Å². The molecule has 0 atom stereocenters. The first-order chi connectivity index (χ1) is 9.97. The lowest BCUT2D eigenvalue weighted by Crippen LogP contribution is -2.32. The van der Waals surface area contributed by atoms with Crippen LogP contribution in [0.2, 0.25) is 5.02 Å². The molecule has 1 rings (SSSR count). The average molecular weight is 313 g/mol. The zero-order valence-corrected chi connectivity index (χ0v) is 12.2. The van der Waals surface area contributed by atoms with Crippen molar-refractivity contribution in [2.24, 2.45) is 0 Å². The van der Waals surface area contributed by atoms with Crippen molar-refractivity contribution in [3.05, 3.63) is 29.3 Å². The number of nitrogens with one attached hydrogen (secondary N) is 2. The lowest BCUT2D eigenvalue weighted by Gasteiger charge is -2.07. The summed E-state index contributed by atoms with van der Waals surface area (Å²) in [7, 11) is 0. The molecule has 0 radical (unpaired) electrons. The molecule has 1 aromatic carbocycles. The van der Waals surface area contributed by atoms with Crippen LogP contribution in [0.4, 0.5) is 5.69 Å². The molecule has 0 aliphatic heterocycles. The van der Waals surface area contributed by atoms with Gasteiger partial charge in [-0.2, -0.15) is 0 Å². The number of anilines is 1. The van der Waals surface area contributed by atoms with Crippen LogP contribution in [0.3, 0.4) is 0 Å². The van der Waals surface area contributed by atoms with Crippen molar-refractivity contribution in [2.75, 3.05) is 11.9 Å². The fourth-order valence-electron chi connectivity index (χ4n) is 1.57. The number of hydrogen-bond donors (Lipinski definition) is 3. The molecule has 2 amide bonds. The van der Waals surface area contributed by atoms with Crippen LogP contribution in [-0.4, -0.2) is 29.4 Å². The number of carbonyl (C=O) groups is 3. The van der Waals surface area contributed by atoms with E-state index in [9.17, 15) is 14.4 Å². The van der Waals surface area contributed by atoms with E-state index in [1.807, 2.05) is 0 Å². The molecule has 6 nitrogen and oxygen atoms in total. The number of benzene rings is 1. The Morgan fingerprint density at radius 1 is 1.00 bits per heavy atom. The fraction of sp³-hybridized carbons (Fsp3) is 0.357. The molecule has 21 heavy (non-hydrogen) atoms. The monoisotopic (exact) mass is 312 g/mol. The highest BCUT2D eigenvalue weighted by molar-refractivity contribution is 6.30. The highest BCUT2D eigenvalue weighted by Gasteiger charge is 2.06. The maximum Gasteiger partial charge on any atom is 0.303 e. The summed E-state index contributed by atoms with van der Waals surface area (Å²) >= 11 is 5.72. The Balaban J connectivity index is 2.18. The van der Waals surface area contributed by atoms with Gasteiger partial charge in [-0.15, -0.1) is 0 Å². The normalized spacial score (nSPS) is 9.95. The smallest absolute Gasteiger partial charge is 0.303 e. The van der Waals surface area contributed by atoms with Gasteiger partial charge in [0, 0.05) is 23.6 Å². The van der Waals surface area contributed by atoms with E-state index >= 15 is 0 Å². The maximum absolute atomic E-state index is 11.6. The van der Waals surface area contributed by atoms with Gasteiger partial charge in [0.15, 0.2) is 0 Å². The Labute approximate surface area is 127 Å². The molecule has 0 spiro atoms. The SMILES string of the molecule is O=C(O)CCCCC(=O)NCC(=O)Nc1ccc(Cl)cc1. The van der Waals surface area contributed by atoms with Gasteiger partial charge in [-0.3, -0.25) is 14.4 Å². The van der Waals surface area contributed by atoms with Crippen molar-refractivity contribution in [3.63, 3.8) is 0 Å². The number of rotatable bonds is 8. The first kappa shape index (κ1) is 17.0. The topological polar surface area (TPSA) is 95.5 Å². The van der Waals surface area contributed by atoms with Gasteiger partial charge in [0.25, 0.3) is 0 Å². The molecular weight excluding hydrogens is 296 g/mol. The largest absolute Gasteiger partial charge is 0.481 e. The van der Waals surface area contributed by atoms with Crippen LogP contribution in [0.25, 0.3) is 0 Å². The highest BCUT2D eigenvalue weighted by atomic mass is 35.5. The van der Waals surface area contributed by atoms with Crippen LogP contribution in [0.1, 0.15) is 25.7 Å². The molecular formula is C14H17ClN2O4. The number of halogens is 1. The third-order valence-electron chi connectivity index (χ3n) is 2.62. The van der Waals surface area contributed by atoms with Crippen molar-refractivity contribution in [3.8, 4) is 0 Å². The second-order valence-electron chi connectivity index (χ2n) is 4.43. The van der Waals surface area contributed by atoms with Gasteiger partial charge >= 0.3 is 5.97 Å². The predicted molar refractivity (Wildman–Crippen MR) is 79.2 cm³/mol. The first-order valence-corrected chi connectivity index (χ1v) is 6.89. The van der Waals surface area contributed by atoms with Gasteiger partial charge in [0.05, 0.1) is 6.54 Å². The molecule has 0 saturated carbocycles. The lowest BCUT2D eigenvalue weighted by atomic mass is 10.2. The van der Waals surface area contributed by atoms with Crippen molar-refractivity contribution in [1.29, 1.82) is 0 Å². The summed E-state index contributed by atoms with van der Waals surface area (Å²) in [6.45, 7) is -0.125. The van der Waals surface area contributed by atoms with Gasteiger partial charge in [-0.05, 0) is 37.1 Å². The summed E-state index contributed by atoms with van der Waals surface area (Å²) in [6.07, 6.45) is 1.18. The van der Waals surface area contributed by atoms with Crippen LogP contribution in [-0.2, 0) is 14.4 Å². The molecule has 3 N–H and O–H groups in total. The number of hydrogen-bond acceptors (Lipinski definition) is 3. The average Bonchev–Trinajstić information content (AvgIpc) is 2.44. The molecule has 0 saturated heterocycles. The summed E-state index contributed by atoms with van der Waals surface area (Å²) in [5.41, 5.74) is 0.597. The van der Waals surface area contributed by atoms with Gasteiger partial charge in [-0.25, -0.2) is 0 Å². The minimum atomic E-state index is -0.877. The lowest BCUT2D eigenvalue weighted by molar-refractivity contribution is -0.137. The summed E-state index contributed by atoms with van der Waals surface area (Å²) in [5, 5.41) is 14.1. The van der Waals surface area contributed by atoms with E-state index in [2.05, 4.69) is 10.6 Å². The van der Waals surface area contributed by atoms with E-state index in [4.69, 9.17) is 16.7 Å². The van der Waals surface area contributed by atoms with Crippen molar-refractivity contribution in [2.45, 2.75) is 25.7 Å². The van der Waals surface area contributed by atoms with Crippen LogP contribution in [0.5, 0.6) is 0 Å². The minimum absolute atomic E-state index is 0.0460. The predicted octanol–water partition coefficient (Wildman–Crippen LogP) is 2.04. The molecule has 0 aliphatic rings. The molecule has 114 valence electrons. The van der Waals surface area contributed by atoms with E-state index in [-0.39, 0.29) is 31.2 Å². The Kier molecular flexibility index (Phi) is 7.25. The number of carbonyl (C=O) groups excluding carboxylic acids is 2. The van der Waals surface area contributed by atoms with Gasteiger partial charge in [-0.1, -0.05) is 11.6 Å². The third-order valence-corrected chi connectivity index (χ3v) is 2.87. The van der Waals surface area contributed by atoms with Gasteiger partial charge in [0.1, 0.15) is 0 Å². The van der Waals surface area contributed by atoms with Gasteiger partial charge < -0.3 is 15.7 Å². The summed E-state index contributed by atoms with van der Waals surface area (Å²) in [5.74, 6) is -1.49. The minimum Gasteiger partial charge on any atom is -0.481 e. The number of aliphatic carboxylic acids is 1. The maximum atomic E-state index is 11.6. The van der Waals surface area contributed by atoms with Crippen LogP contribution >= 0.6 is 11.6 Å². The quantitative estimate of drug-likeness (QED) is 0.640. The Morgan fingerprint density at radius 2 is 1.62 bits per heavy atom. The zero-order valence-electron chi connectivity index (χ0n) is 11.4. The van der Waals surface area contributed by atoms with E-state index in [0.717, 1.165) is 0 Å². The number of amides is 2. The number of carboxylic acids is 1.